The third kappa shape index (κ3) is 2.72. The third-order valence-electron chi connectivity index (χ3n) is 3.95. The predicted octanol–water partition coefficient (Wildman–Crippen LogP) is 4.40. The van der Waals surface area contributed by atoms with Gasteiger partial charge < -0.3 is 4.90 Å². The van der Waals surface area contributed by atoms with Gasteiger partial charge in [0.25, 0.3) is 0 Å². The molecule has 110 valence electrons. The maximum Gasteiger partial charge on any atom is 0.162 e. The Balaban J connectivity index is 2.05. The maximum atomic E-state index is 6.21. The molecule has 0 amide bonds. The SMILES string of the molecule is CCc1c(Cl)nc(-c2ccc3c(c2)CCCN3C)nc1Cl. The summed E-state index contributed by atoms with van der Waals surface area (Å²) in [5.41, 5.74) is 4.39. The lowest BCUT2D eigenvalue weighted by atomic mass is 9.99. The number of aromatic nitrogens is 2. The number of benzene rings is 1. The van der Waals surface area contributed by atoms with Crippen LogP contribution >= 0.6 is 23.2 Å². The van der Waals surface area contributed by atoms with Gasteiger partial charge in [-0.05, 0) is 43.0 Å². The van der Waals surface area contributed by atoms with Crippen molar-refractivity contribution < 1.29 is 0 Å². The Labute approximate surface area is 134 Å². The van der Waals surface area contributed by atoms with Gasteiger partial charge >= 0.3 is 0 Å². The molecule has 5 heteroatoms. The van der Waals surface area contributed by atoms with Crippen LogP contribution in [0.5, 0.6) is 0 Å². The number of hydrogen-bond donors (Lipinski definition) is 0. The summed E-state index contributed by atoms with van der Waals surface area (Å²) in [4.78, 5) is 11.1. The molecule has 21 heavy (non-hydrogen) atoms. The number of aryl methyl sites for hydroxylation is 1. The molecule has 0 N–H and O–H groups in total. The second-order valence-corrected chi connectivity index (χ2v) is 6.05. The fourth-order valence-corrected chi connectivity index (χ4v) is 3.43. The molecule has 1 aliphatic heterocycles. The van der Waals surface area contributed by atoms with Crippen molar-refractivity contribution in [2.45, 2.75) is 26.2 Å². The zero-order valence-corrected chi connectivity index (χ0v) is 13.7. The van der Waals surface area contributed by atoms with Gasteiger partial charge in [-0.2, -0.15) is 0 Å². The summed E-state index contributed by atoms with van der Waals surface area (Å²) in [6, 6.07) is 6.32. The van der Waals surface area contributed by atoms with Gasteiger partial charge in [0.15, 0.2) is 5.82 Å². The van der Waals surface area contributed by atoms with Gasteiger partial charge in [0, 0.05) is 30.4 Å². The molecule has 0 radical (unpaired) electrons. The second kappa shape index (κ2) is 5.82. The molecule has 0 spiro atoms. The first kappa shape index (κ1) is 14.6. The van der Waals surface area contributed by atoms with Crippen LogP contribution < -0.4 is 4.90 Å². The summed E-state index contributed by atoms with van der Waals surface area (Å²) in [5, 5.41) is 0.893. The number of rotatable bonds is 2. The molecule has 2 heterocycles. The molecule has 0 bridgehead atoms. The highest BCUT2D eigenvalue weighted by molar-refractivity contribution is 6.34. The van der Waals surface area contributed by atoms with Crippen LogP contribution in [-0.2, 0) is 12.8 Å². The molecule has 3 rings (SSSR count). The van der Waals surface area contributed by atoms with E-state index in [1.165, 1.54) is 17.7 Å². The van der Waals surface area contributed by atoms with E-state index in [2.05, 4.69) is 34.0 Å². The number of halogens is 2. The molecule has 0 aliphatic carbocycles. The van der Waals surface area contributed by atoms with Crippen molar-refractivity contribution >= 4 is 28.9 Å². The summed E-state index contributed by atoms with van der Waals surface area (Å²) >= 11 is 12.4. The minimum atomic E-state index is 0.447. The van der Waals surface area contributed by atoms with Crippen LogP contribution in [0, 0.1) is 0 Å². The van der Waals surface area contributed by atoms with E-state index in [9.17, 15) is 0 Å². The molecule has 1 aromatic heterocycles. The van der Waals surface area contributed by atoms with Crippen molar-refractivity contribution in [2.75, 3.05) is 18.5 Å². The maximum absolute atomic E-state index is 6.21. The average molecular weight is 322 g/mol. The minimum Gasteiger partial charge on any atom is -0.374 e. The predicted molar refractivity (Wildman–Crippen MR) is 88.5 cm³/mol. The van der Waals surface area contributed by atoms with Gasteiger partial charge in [-0.25, -0.2) is 9.97 Å². The summed E-state index contributed by atoms with van der Waals surface area (Å²) in [6.45, 7) is 3.09. The lowest BCUT2D eigenvalue weighted by Gasteiger charge is -2.27. The Hall–Kier alpha value is -1.32. The minimum absolute atomic E-state index is 0.447. The van der Waals surface area contributed by atoms with Crippen LogP contribution in [0.1, 0.15) is 24.5 Å². The molecule has 0 unspecified atom stereocenters. The molecule has 0 fully saturated rings. The van der Waals surface area contributed by atoms with Crippen molar-refractivity contribution in [3.8, 4) is 11.4 Å². The zero-order valence-electron chi connectivity index (χ0n) is 12.2. The molecule has 0 atom stereocenters. The lowest BCUT2D eigenvalue weighted by molar-refractivity contribution is 0.744. The van der Waals surface area contributed by atoms with Gasteiger partial charge in [-0.15, -0.1) is 0 Å². The Bertz CT molecular complexity index is 662. The lowest BCUT2D eigenvalue weighted by Crippen LogP contribution is -2.24. The number of fused-ring (bicyclic) bond motifs is 1. The third-order valence-corrected chi connectivity index (χ3v) is 4.57. The number of anilines is 1. The monoisotopic (exact) mass is 321 g/mol. The first-order valence-corrected chi connectivity index (χ1v) is 7.92. The van der Waals surface area contributed by atoms with Gasteiger partial charge in [0.2, 0.25) is 0 Å². The highest BCUT2D eigenvalue weighted by Gasteiger charge is 2.16. The van der Waals surface area contributed by atoms with Crippen LogP contribution in [0.2, 0.25) is 10.3 Å². The summed E-state index contributed by atoms with van der Waals surface area (Å²) in [6.07, 6.45) is 2.99. The van der Waals surface area contributed by atoms with Gasteiger partial charge in [-0.3, -0.25) is 0 Å². The number of nitrogens with zero attached hydrogens (tertiary/aromatic N) is 3. The van der Waals surface area contributed by atoms with E-state index < -0.39 is 0 Å². The second-order valence-electron chi connectivity index (χ2n) is 5.33. The smallest absolute Gasteiger partial charge is 0.162 e. The molecular formula is C16H17Cl2N3. The Morgan fingerprint density at radius 3 is 2.57 bits per heavy atom. The Kier molecular flexibility index (Phi) is 4.05. The summed E-state index contributed by atoms with van der Waals surface area (Å²) < 4.78 is 0. The number of hydrogen-bond acceptors (Lipinski definition) is 3. The first-order valence-electron chi connectivity index (χ1n) is 7.16. The standard InChI is InChI=1S/C16H17Cl2N3/c1-3-12-14(17)19-16(20-15(12)18)11-6-7-13-10(9-11)5-4-8-21(13)2/h6-7,9H,3-5,8H2,1-2H3. The normalized spacial score (nSPS) is 14.2. The first-order chi connectivity index (χ1) is 10.1. The van der Waals surface area contributed by atoms with Crippen LogP contribution in [0.4, 0.5) is 5.69 Å². The van der Waals surface area contributed by atoms with Crippen LogP contribution in [-0.4, -0.2) is 23.6 Å². The fraction of sp³-hybridized carbons (Fsp3) is 0.375. The van der Waals surface area contributed by atoms with E-state index in [0.29, 0.717) is 16.1 Å². The van der Waals surface area contributed by atoms with Crippen molar-refractivity contribution in [1.29, 1.82) is 0 Å². The van der Waals surface area contributed by atoms with Crippen LogP contribution in [0.25, 0.3) is 11.4 Å². The van der Waals surface area contributed by atoms with E-state index in [1.807, 2.05) is 13.0 Å². The van der Waals surface area contributed by atoms with Crippen LogP contribution in [0.15, 0.2) is 18.2 Å². The summed E-state index contributed by atoms with van der Waals surface area (Å²) in [7, 11) is 2.12. The van der Waals surface area contributed by atoms with E-state index >= 15 is 0 Å². The Morgan fingerprint density at radius 2 is 1.90 bits per heavy atom. The molecule has 0 saturated carbocycles. The summed E-state index contributed by atoms with van der Waals surface area (Å²) in [5.74, 6) is 0.596. The van der Waals surface area contributed by atoms with Crippen molar-refractivity contribution in [1.82, 2.24) is 9.97 Å². The van der Waals surface area contributed by atoms with E-state index in [-0.39, 0.29) is 0 Å². The molecular weight excluding hydrogens is 305 g/mol. The molecule has 3 nitrogen and oxygen atoms in total. The molecule has 1 aliphatic rings. The van der Waals surface area contributed by atoms with Crippen LogP contribution in [0.3, 0.4) is 0 Å². The van der Waals surface area contributed by atoms with Crippen molar-refractivity contribution in [2.24, 2.45) is 0 Å². The quantitative estimate of drug-likeness (QED) is 0.768. The zero-order chi connectivity index (χ0) is 15.0. The molecule has 0 saturated heterocycles. The topological polar surface area (TPSA) is 29.0 Å². The molecule has 1 aromatic carbocycles. The van der Waals surface area contributed by atoms with E-state index in [4.69, 9.17) is 23.2 Å². The highest BCUT2D eigenvalue weighted by atomic mass is 35.5. The van der Waals surface area contributed by atoms with Gasteiger partial charge in [0.05, 0.1) is 0 Å². The van der Waals surface area contributed by atoms with E-state index in [1.54, 1.807) is 0 Å². The highest BCUT2D eigenvalue weighted by Crippen LogP contribution is 2.31. The average Bonchev–Trinajstić information content (AvgIpc) is 2.47. The van der Waals surface area contributed by atoms with Gasteiger partial charge in [0.1, 0.15) is 10.3 Å². The molecule has 2 aromatic rings. The van der Waals surface area contributed by atoms with E-state index in [0.717, 1.165) is 30.5 Å². The van der Waals surface area contributed by atoms with Crippen molar-refractivity contribution in [3.63, 3.8) is 0 Å². The fourth-order valence-electron chi connectivity index (χ4n) is 2.78. The van der Waals surface area contributed by atoms with Gasteiger partial charge in [-0.1, -0.05) is 30.1 Å². The van der Waals surface area contributed by atoms with Crippen molar-refractivity contribution in [3.05, 3.63) is 39.6 Å². The Morgan fingerprint density at radius 1 is 1.19 bits per heavy atom. The largest absolute Gasteiger partial charge is 0.374 e.